The lowest BCUT2D eigenvalue weighted by molar-refractivity contribution is -0.149. The topological polar surface area (TPSA) is 105 Å². The number of methoxy groups -OCH3 is 1. The van der Waals surface area contributed by atoms with Crippen molar-refractivity contribution in [1.82, 2.24) is 5.32 Å². The van der Waals surface area contributed by atoms with Gasteiger partial charge >= 0.3 is 5.97 Å². The highest BCUT2D eigenvalue weighted by Gasteiger charge is 2.30. The van der Waals surface area contributed by atoms with Crippen LogP contribution >= 0.6 is 0 Å². The SMILES string of the molecule is COc1cccc(C(=O)NCC2CCC(C(=O)O)O2)c1O. The Morgan fingerprint density at radius 3 is 2.81 bits per heavy atom. The molecule has 1 aromatic carbocycles. The number of carboxylic acid groups (broad SMARTS) is 1. The lowest BCUT2D eigenvalue weighted by atomic mass is 10.1. The van der Waals surface area contributed by atoms with Crippen LogP contribution in [0.3, 0.4) is 0 Å². The maximum absolute atomic E-state index is 12.0. The Balaban J connectivity index is 1.92. The van der Waals surface area contributed by atoms with Crippen LogP contribution in [0.2, 0.25) is 0 Å². The van der Waals surface area contributed by atoms with Crippen molar-refractivity contribution in [3.8, 4) is 11.5 Å². The number of amides is 1. The average Bonchev–Trinajstić information content (AvgIpc) is 2.94. The van der Waals surface area contributed by atoms with Gasteiger partial charge in [0.05, 0.1) is 18.8 Å². The zero-order valence-electron chi connectivity index (χ0n) is 11.5. The fourth-order valence-electron chi connectivity index (χ4n) is 2.21. The zero-order valence-corrected chi connectivity index (χ0v) is 11.5. The molecule has 114 valence electrons. The summed E-state index contributed by atoms with van der Waals surface area (Å²) < 4.78 is 10.2. The van der Waals surface area contributed by atoms with Crippen molar-refractivity contribution in [3.05, 3.63) is 23.8 Å². The van der Waals surface area contributed by atoms with Crippen LogP contribution < -0.4 is 10.1 Å². The van der Waals surface area contributed by atoms with E-state index >= 15 is 0 Å². The third kappa shape index (κ3) is 3.43. The van der Waals surface area contributed by atoms with Crippen molar-refractivity contribution >= 4 is 11.9 Å². The van der Waals surface area contributed by atoms with Gasteiger partial charge in [0.1, 0.15) is 0 Å². The van der Waals surface area contributed by atoms with Gasteiger partial charge in [0.15, 0.2) is 17.6 Å². The van der Waals surface area contributed by atoms with E-state index < -0.39 is 18.0 Å². The van der Waals surface area contributed by atoms with E-state index in [-0.39, 0.29) is 29.7 Å². The number of phenols is 1. The highest BCUT2D eigenvalue weighted by atomic mass is 16.5. The summed E-state index contributed by atoms with van der Waals surface area (Å²) in [5.74, 6) is -1.47. The van der Waals surface area contributed by atoms with Crippen molar-refractivity contribution in [2.45, 2.75) is 25.0 Å². The molecule has 0 aromatic heterocycles. The van der Waals surface area contributed by atoms with E-state index in [0.717, 1.165) is 0 Å². The standard InChI is InChI=1S/C14H17NO6/c1-20-10-4-2-3-9(12(10)16)13(17)15-7-8-5-6-11(21-8)14(18)19/h2-4,8,11,16H,5-7H2,1H3,(H,15,17)(H,18,19). The summed E-state index contributed by atoms with van der Waals surface area (Å²) in [7, 11) is 1.40. The number of ether oxygens (including phenoxy) is 2. The molecule has 1 fully saturated rings. The first-order valence-electron chi connectivity index (χ1n) is 6.55. The summed E-state index contributed by atoms with van der Waals surface area (Å²) in [5.41, 5.74) is 0.0992. The van der Waals surface area contributed by atoms with Crippen LogP contribution in [0.15, 0.2) is 18.2 Å². The van der Waals surface area contributed by atoms with Crippen molar-refractivity contribution in [2.75, 3.05) is 13.7 Å². The fraction of sp³-hybridized carbons (Fsp3) is 0.429. The summed E-state index contributed by atoms with van der Waals surface area (Å²) in [6, 6.07) is 4.62. The summed E-state index contributed by atoms with van der Waals surface area (Å²) in [6.07, 6.45) is -0.137. The molecule has 1 aliphatic rings. The summed E-state index contributed by atoms with van der Waals surface area (Å²) >= 11 is 0. The van der Waals surface area contributed by atoms with Crippen LogP contribution in [0.4, 0.5) is 0 Å². The molecule has 0 radical (unpaired) electrons. The van der Waals surface area contributed by atoms with Gasteiger partial charge in [0, 0.05) is 6.54 Å². The van der Waals surface area contributed by atoms with Crippen LogP contribution in [0.5, 0.6) is 11.5 Å². The Morgan fingerprint density at radius 1 is 1.43 bits per heavy atom. The molecule has 0 aliphatic carbocycles. The average molecular weight is 295 g/mol. The number of rotatable bonds is 5. The lowest BCUT2D eigenvalue weighted by Gasteiger charge is -2.13. The first-order chi connectivity index (χ1) is 10.0. The minimum atomic E-state index is -0.991. The van der Waals surface area contributed by atoms with Gasteiger partial charge in [-0.05, 0) is 25.0 Å². The monoisotopic (exact) mass is 295 g/mol. The number of aliphatic carboxylic acids is 1. The Morgan fingerprint density at radius 2 is 2.19 bits per heavy atom. The largest absolute Gasteiger partial charge is 0.504 e. The molecule has 7 nitrogen and oxygen atoms in total. The van der Waals surface area contributed by atoms with E-state index in [1.54, 1.807) is 12.1 Å². The normalized spacial score (nSPS) is 21.0. The van der Waals surface area contributed by atoms with Gasteiger partial charge in [-0.2, -0.15) is 0 Å². The number of carbonyl (C=O) groups is 2. The van der Waals surface area contributed by atoms with E-state index in [2.05, 4.69) is 5.32 Å². The first-order valence-corrected chi connectivity index (χ1v) is 6.55. The molecule has 0 bridgehead atoms. The molecule has 3 N–H and O–H groups in total. The predicted octanol–water partition coefficient (Wildman–Crippen LogP) is 0.763. The van der Waals surface area contributed by atoms with Gasteiger partial charge in [-0.1, -0.05) is 6.07 Å². The van der Waals surface area contributed by atoms with Crippen LogP contribution in [0.1, 0.15) is 23.2 Å². The number of hydrogen-bond acceptors (Lipinski definition) is 5. The number of para-hydroxylation sites is 1. The van der Waals surface area contributed by atoms with Crippen molar-refractivity contribution in [3.63, 3.8) is 0 Å². The minimum absolute atomic E-state index is 0.0992. The molecule has 0 saturated carbocycles. The Bertz CT molecular complexity index is 544. The molecule has 2 unspecified atom stereocenters. The number of carboxylic acids is 1. The number of hydrogen-bond donors (Lipinski definition) is 3. The molecule has 1 heterocycles. The number of carbonyl (C=O) groups excluding carboxylic acids is 1. The van der Waals surface area contributed by atoms with Gasteiger partial charge in [0.25, 0.3) is 5.91 Å². The van der Waals surface area contributed by atoms with Crippen molar-refractivity contribution in [2.24, 2.45) is 0 Å². The molecule has 7 heteroatoms. The van der Waals surface area contributed by atoms with E-state index in [4.69, 9.17) is 14.6 Å². The molecule has 0 spiro atoms. The molecule has 2 atom stereocenters. The Kier molecular flexibility index (Phi) is 4.64. The van der Waals surface area contributed by atoms with Crippen molar-refractivity contribution in [1.29, 1.82) is 0 Å². The number of aromatic hydroxyl groups is 1. The maximum atomic E-state index is 12.0. The second kappa shape index (κ2) is 6.45. The molecule has 1 aliphatic heterocycles. The Labute approximate surface area is 121 Å². The van der Waals surface area contributed by atoms with Crippen molar-refractivity contribution < 1.29 is 29.3 Å². The number of benzene rings is 1. The van der Waals surface area contributed by atoms with E-state index in [1.807, 2.05) is 0 Å². The lowest BCUT2D eigenvalue weighted by Crippen LogP contribution is -2.33. The fourth-order valence-corrected chi connectivity index (χ4v) is 2.21. The third-order valence-electron chi connectivity index (χ3n) is 3.34. The molecule has 1 saturated heterocycles. The van der Waals surface area contributed by atoms with Crippen LogP contribution in [-0.4, -0.2) is 48.0 Å². The first kappa shape index (κ1) is 15.1. The van der Waals surface area contributed by atoms with Crippen LogP contribution in [-0.2, 0) is 9.53 Å². The number of phenolic OH excluding ortho intramolecular Hbond substituents is 1. The highest BCUT2D eigenvalue weighted by molar-refractivity contribution is 5.97. The summed E-state index contributed by atoms with van der Waals surface area (Å²) in [4.78, 5) is 22.8. The minimum Gasteiger partial charge on any atom is -0.504 e. The van der Waals surface area contributed by atoms with Gasteiger partial charge < -0.3 is 25.0 Å². The maximum Gasteiger partial charge on any atom is 0.332 e. The summed E-state index contributed by atoms with van der Waals surface area (Å²) in [6.45, 7) is 0.194. The highest BCUT2D eigenvalue weighted by Crippen LogP contribution is 2.29. The van der Waals surface area contributed by atoms with Crippen LogP contribution in [0, 0.1) is 0 Å². The van der Waals surface area contributed by atoms with Gasteiger partial charge in [-0.25, -0.2) is 4.79 Å². The second-order valence-corrected chi connectivity index (χ2v) is 4.73. The second-order valence-electron chi connectivity index (χ2n) is 4.73. The molecule has 2 rings (SSSR count). The van der Waals surface area contributed by atoms with E-state index in [9.17, 15) is 14.7 Å². The quantitative estimate of drug-likeness (QED) is 0.741. The zero-order chi connectivity index (χ0) is 15.4. The molecule has 1 amide bonds. The van der Waals surface area contributed by atoms with Gasteiger partial charge in [-0.3, -0.25) is 4.79 Å². The molecular weight excluding hydrogens is 278 g/mol. The predicted molar refractivity (Wildman–Crippen MR) is 72.5 cm³/mol. The molecule has 1 aromatic rings. The third-order valence-corrected chi connectivity index (χ3v) is 3.34. The van der Waals surface area contributed by atoms with E-state index in [1.165, 1.54) is 13.2 Å². The van der Waals surface area contributed by atoms with Gasteiger partial charge in [0.2, 0.25) is 0 Å². The molecule has 21 heavy (non-hydrogen) atoms. The van der Waals surface area contributed by atoms with E-state index in [0.29, 0.717) is 12.8 Å². The molecular formula is C14H17NO6. The van der Waals surface area contributed by atoms with Crippen LogP contribution in [0.25, 0.3) is 0 Å². The summed E-state index contributed by atoms with van der Waals surface area (Å²) in [5, 5.41) is 21.3. The number of nitrogens with one attached hydrogen (secondary N) is 1. The Hall–Kier alpha value is -2.28. The van der Waals surface area contributed by atoms with Gasteiger partial charge in [-0.15, -0.1) is 0 Å². The smallest absolute Gasteiger partial charge is 0.332 e.